The van der Waals surface area contributed by atoms with Crippen LogP contribution in [0.2, 0.25) is 0 Å². The van der Waals surface area contributed by atoms with E-state index in [1.54, 1.807) is 30.4 Å². The summed E-state index contributed by atoms with van der Waals surface area (Å²) in [6, 6.07) is 4.93. The van der Waals surface area contributed by atoms with Crippen LogP contribution in [0.25, 0.3) is 6.08 Å². The van der Waals surface area contributed by atoms with Crippen molar-refractivity contribution in [2.75, 3.05) is 7.11 Å². The minimum absolute atomic E-state index is 0.0660. The van der Waals surface area contributed by atoms with Crippen molar-refractivity contribution in [1.82, 2.24) is 0 Å². The topological polar surface area (TPSA) is 83.8 Å². The molecule has 0 heterocycles. The number of carboxylic acid groups (broad SMARTS) is 1. The fourth-order valence-electron chi connectivity index (χ4n) is 2.83. The third-order valence-electron chi connectivity index (χ3n) is 4.06. The number of phenols is 1. The summed E-state index contributed by atoms with van der Waals surface area (Å²) in [6.45, 7) is 0. The number of allylic oxidation sites excluding steroid dienone is 3. The van der Waals surface area contributed by atoms with Crippen LogP contribution in [0.4, 0.5) is 0 Å². The van der Waals surface area contributed by atoms with Gasteiger partial charge in [0.15, 0.2) is 17.3 Å². The number of ether oxygens (including phenoxy) is 1. The molecule has 5 heteroatoms. The maximum atomic E-state index is 12.1. The molecule has 1 aromatic rings. The SMILES string of the molecule is COc1cc(/C=C/C=C/C(=O)C2CCCC2C(=O)O)ccc1O. The predicted octanol–water partition coefficient (Wildman–Crippen LogP) is 3.04. The number of phenolic OH excluding ortho intramolecular Hbond substituents is 1. The van der Waals surface area contributed by atoms with Crippen molar-refractivity contribution >= 4 is 17.8 Å². The molecule has 5 nitrogen and oxygen atoms in total. The summed E-state index contributed by atoms with van der Waals surface area (Å²) in [6.07, 6.45) is 8.51. The zero-order valence-corrected chi connectivity index (χ0v) is 12.9. The number of aromatic hydroxyl groups is 1. The van der Waals surface area contributed by atoms with Crippen LogP contribution in [-0.2, 0) is 9.59 Å². The highest BCUT2D eigenvalue weighted by atomic mass is 16.5. The zero-order chi connectivity index (χ0) is 16.8. The fraction of sp³-hybridized carbons (Fsp3) is 0.333. The van der Waals surface area contributed by atoms with Crippen molar-refractivity contribution in [2.45, 2.75) is 19.3 Å². The minimum atomic E-state index is -0.888. The summed E-state index contributed by atoms with van der Waals surface area (Å²) in [5, 5.41) is 18.6. The van der Waals surface area contributed by atoms with Gasteiger partial charge in [-0.15, -0.1) is 0 Å². The van der Waals surface area contributed by atoms with Crippen LogP contribution in [0.3, 0.4) is 0 Å². The number of carbonyl (C=O) groups is 2. The van der Waals surface area contributed by atoms with Gasteiger partial charge in [-0.05, 0) is 36.6 Å². The highest BCUT2D eigenvalue weighted by molar-refractivity contribution is 5.95. The number of aliphatic carboxylic acids is 1. The Morgan fingerprint density at radius 2 is 1.96 bits per heavy atom. The number of hydrogen-bond donors (Lipinski definition) is 2. The molecule has 0 aliphatic heterocycles. The Morgan fingerprint density at radius 1 is 1.22 bits per heavy atom. The van der Waals surface area contributed by atoms with Gasteiger partial charge in [0.25, 0.3) is 0 Å². The first-order chi connectivity index (χ1) is 11.0. The van der Waals surface area contributed by atoms with Crippen molar-refractivity contribution in [3.63, 3.8) is 0 Å². The van der Waals surface area contributed by atoms with E-state index in [9.17, 15) is 14.7 Å². The second-order valence-corrected chi connectivity index (χ2v) is 5.53. The zero-order valence-electron chi connectivity index (χ0n) is 12.9. The second kappa shape index (κ2) is 7.63. The third-order valence-corrected chi connectivity index (χ3v) is 4.06. The Morgan fingerprint density at radius 3 is 2.65 bits per heavy atom. The van der Waals surface area contributed by atoms with E-state index < -0.39 is 17.8 Å². The van der Waals surface area contributed by atoms with E-state index in [0.29, 0.717) is 18.6 Å². The summed E-state index contributed by atoms with van der Waals surface area (Å²) in [7, 11) is 1.47. The number of methoxy groups -OCH3 is 1. The largest absolute Gasteiger partial charge is 0.504 e. The molecule has 2 unspecified atom stereocenters. The minimum Gasteiger partial charge on any atom is -0.504 e. The third kappa shape index (κ3) is 4.22. The standard InChI is InChI=1S/C18H20O5/c1-23-17-11-12(9-10-16(17)20)5-2-3-8-15(19)13-6-4-7-14(13)18(21)22/h2-3,5,8-11,13-14,20H,4,6-7H2,1H3,(H,21,22)/b5-2+,8-3+. The fourth-order valence-corrected chi connectivity index (χ4v) is 2.83. The van der Waals surface area contributed by atoms with Gasteiger partial charge < -0.3 is 14.9 Å². The summed E-state index contributed by atoms with van der Waals surface area (Å²) < 4.78 is 5.02. The lowest BCUT2D eigenvalue weighted by Gasteiger charge is -2.11. The Balaban J connectivity index is 1.98. The Bertz CT molecular complexity index is 645. The molecule has 0 spiro atoms. The lowest BCUT2D eigenvalue weighted by Crippen LogP contribution is -2.23. The second-order valence-electron chi connectivity index (χ2n) is 5.53. The number of hydrogen-bond acceptors (Lipinski definition) is 4. The Kier molecular flexibility index (Phi) is 5.57. The van der Waals surface area contributed by atoms with E-state index in [-0.39, 0.29) is 11.5 Å². The summed E-state index contributed by atoms with van der Waals surface area (Å²) in [5.41, 5.74) is 0.820. The van der Waals surface area contributed by atoms with Gasteiger partial charge in [0.1, 0.15) is 0 Å². The van der Waals surface area contributed by atoms with E-state index in [0.717, 1.165) is 12.0 Å². The molecule has 0 bridgehead atoms. The van der Waals surface area contributed by atoms with Crippen LogP contribution in [0.15, 0.2) is 36.4 Å². The molecule has 1 aromatic carbocycles. The average Bonchev–Trinajstić information content (AvgIpc) is 3.02. The van der Waals surface area contributed by atoms with Crippen molar-refractivity contribution < 1.29 is 24.5 Å². The van der Waals surface area contributed by atoms with E-state index in [4.69, 9.17) is 9.84 Å². The first-order valence-electron chi connectivity index (χ1n) is 7.51. The van der Waals surface area contributed by atoms with Crippen molar-refractivity contribution in [2.24, 2.45) is 11.8 Å². The molecule has 1 aliphatic carbocycles. The smallest absolute Gasteiger partial charge is 0.307 e. The number of carbonyl (C=O) groups excluding carboxylic acids is 1. The maximum absolute atomic E-state index is 12.1. The molecule has 122 valence electrons. The Labute approximate surface area is 134 Å². The van der Waals surface area contributed by atoms with E-state index in [2.05, 4.69) is 0 Å². The van der Waals surface area contributed by atoms with Crippen LogP contribution < -0.4 is 4.74 Å². The molecule has 1 fully saturated rings. The van der Waals surface area contributed by atoms with E-state index in [1.807, 2.05) is 0 Å². The molecule has 1 saturated carbocycles. The molecule has 0 saturated heterocycles. The normalized spacial score (nSPS) is 21.1. The van der Waals surface area contributed by atoms with Crippen molar-refractivity contribution in [3.8, 4) is 11.5 Å². The lowest BCUT2D eigenvalue weighted by atomic mass is 9.92. The van der Waals surface area contributed by atoms with Gasteiger partial charge in [-0.2, -0.15) is 0 Å². The molecule has 2 atom stereocenters. The van der Waals surface area contributed by atoms with Crippen LogP contribution in [0.5, 0.6) is 11.5 Å². The van der Waals surface area contributed by atoms with Gasteiger partial charge in [-0.1, -0.05) is 30.7 Å². The molecule has 2 N–H and O–H groups in total. The first-order valence-corrected chi connectivity index (χ1v) is 7.51. The predicted molar refractivity (Wildman–Crippen MR) is 86.3 cm³/mol. The van der Waals surface area contributed by atoms with Gasteiger partial charge in [-0.25, -0.2) is 0 Å². The molecule has 0 radical (unpaired) electrons. The monoisotopic (exact) mass is 316 g/mol. The van der Waals surface area contributed by atoms with Crippen LogP contribution >= 0.6 is 0 Å². The van der Waals surface area contributed by atoms with Gasteiger partial charge >= 0.3 is 5.97 Å². The highest BCUT2D eigenvalue weighted by Gasteiger charge is 2.36. The molecule has 2 rings (SSSR count). The van der Waals surface area contributed by atoms with Gasteiger partial charge in [0.2, 0.25) is 0 Å². The molecule has 0 amide bonds. The quantitative estimate of drug-likeness (QED) is 0.622. The van der Waals surface area contributed by atoms with Crippen molar-refractivity contribution in [3.05, 3.63) is 42.0 Å². The van der Waals surface area contributed by atoms with E-state index >= 15 is 0 Å². The molecular formula is C18H20O5. The first kappa shape index (κ1) is 16.8. The molecular weight excluding hydrogens is 296 g/mol. The van der Waals surface area contributed by atoms with Crippen LogP contribution in [0.1, 0.15) is 24.8 Å². The maximum Gasteiger partial charge on any atom is 0.307 e. The summed E-state index contributed by atoms with van der Waals surface area (Å²) in [5.74, 6) is -1.55. The number of rotatable bonds is 6. The molecule has 23 heavy (non-hydrogen) atoms. The Hall–Kier alpha value is -2.56. The van der Waals surface area contributed by atoms with E-state index in [1.165, 1.54) is 19.3 Å². The van der Waals surface area contributed by atoms with Crippen LogP contribution in [-0.4, -0.2) is 29.1 Å². The highest BCUT2D eigenvalue weighted by Crippen LogP contribution is 2.33. The number of ketones is 1. The molecule has 1 aliphatic rings. The molecule has 0 aromatic heterocycles. The average molecular weight is 316 g/mol. The lowest BCUT2D eigenvalue weighted by molar-refractivity contribution is -0.144. The van der Waals surface area contributed by atoms with Gasteiger partial charge in [-0.3, -0.25) is 9.59 Å². The van der Waals surface area contributed by atoms with Gasteiger partial charge in [0, 0.05) is 5.92 Å². The number of carboxylic acids is 1. The summed E-state index contributed by atoms with van der Waals surface area (Å²) in [4.78, 5) is 23.2. The van der Waals surface area contributed by atoms with Crippen LogP contribution in [0, 0.1) is 11.8 Å². The van der Waals surface area contributed by atoms with Gasteiger partial charge in [0.05, 0.1) is 13.0 Å². The summed E-state index contributed by atoms with van der Waals surface area (Å²) >= 11 is 0. The van der Waals surface area contributed by atoms with Crippen molar-refractivity contribution in [1.29, 1.82) is 0 Å². The number of benzene rings is 1.